The zero-order valence-electron chi connectivity index (χ0n) is 18.3. The molecule has 2 atom stereocenters. The van der Waals surface area contributed by atoms with Crippen molar-refractivity contribution < 1.29 is 14.6 Å². The molecular formula is C26H22N4O3S. The number of ether oxygens (including phenoxy) is 1. The average Bonchev–Trinajstić information content (AvgIpc) is 3.49. The van der Waals surface area contributed by atoms with Gasteiger partial charge < -0.3 is 24.6 Å². The van der Waals surface area contributed by atoms with Crippen LogP contribution >= 0.6 is 12.2 Å². The fourth-order valence-corrected chi connectivity index (χ4v) is 4.67. The second-order valence-corrected chi connectivity index (χ2v) is 8.24. The lowest BCUT2D eigenvalue weighted by Crippen LogP contribution is -2.30. The number of methoxy groups -OCH3 is 1. The molecule has 0 spiro atoms. The third-order valence-corrected chi connectivity index (χ3v) is 6.22. The first-order valence-corrected chi connectivity index (χ1v) is 11.1. The van der Waals surface area contributed by atoms with Gasteiger partial charge in [0.05, 0.1) is 24.4 Å². The Morgan fingerprint density at radius 1 is 1.03 bits per heavy atom. The second-order valence-electron chi connectivity index (χ2n) is 7.85. The molecular weight excluding hydrogens is 448 g/mol. The molecule has 0 aliphatic carbocycles. The van der Waals surface area contributed by atoms with E-state index in [1.165, 1.54) is 0 Å². The van der Waals surface area contributed by atoms with Crippen molar-refractivity contribution in [1.29, 1.82) is 0 Å². The SMILES string of the molecule is COc1cccc(N2C(=S)N[C@H](c3ccccn3)[C@@H]2c2cccn2-c2ccc(C(=O)O)cc2)c1. The largest absolute Gasteiger partial charge is 0.497 e. The number of benzene rings is 2. The summed E-state index contributed by atoms with van der Waals surface area (Å²) in [6.07, 6.45) is 3.74. The molecule has 0 amide bonds. The summed E-state index contributed by atoms with van der Waals surface area (Å²) in [5.41, 5.74) is 3.84. The van der Waals surface area contributed by atoms with Crippen LogP contribution in [0.5, 0.6) is 5.75 Å². The van der Waals surface area contributed by atoms with Crippen LogP contribution in [0.1, 0.15) is 33.8 Å². The summed E-state index contributed by atoms with van der Waals surface area (Å²) in [5.74, 6) is -0.219. The molecule has 8 heteroatoms. The number of pyridine rings is 1. The summed E-state index contributed by atoms with van der Waals surface area (Å²) in [7, 11) is 1.64. The van der Waals surface area contributed by atoms with Gasteiger partial charge in [-0.25, -0.2) is 4.79 Å². The van der Waals surface area contributed by atoms with E-state index in [4.69, 9.17) is 17.0 Å². The van der Waals surface area contributed by atoms with Gasteiger partial charge in [0.25, 0.3) is 0 Å². The Balaban J connectivity index is 1.64. The average molecular weight is 471 g/mol. The molecule has 4 aromatic rings. The van der Waals surface area contributed by atoms with Crippen molar-refractivity contribution in [3.63, 3.8) is 0 Å². The van der Waals surface area contributed by atoms with E-state index in [2.05, 4.69) is 25.8 Å². The zero-order chi connectivity index (χ0) is 23.7. The van der Waals surface area contributed by atoms with Crippen LogP contribution in [0.25, 0.3) is 5.69 Å². The van der Waals surface area contributed by atoms with Gasteiger partial charge in [-0.05, 0) is 72.9 Å². The standard InChI is InChI=1S/C26H22N4O3S/c1-33-20-7-4-6-19(16-20)30-24(23(28-26(30)34)21-8-2-3-14-27-21)22-9-5-15-29(22)18-12-10-17(11-13-18)25(31)32/h2-16,23-24H,1H3,(H,28,34)(H,31,32)/t23-,24+/m1/s1. The fraction of sp³-hybridized carbons (Fsp3) is 0.115. The van der Waals surface area contributed by atoms with Crippen LogP contribution in [-0.4, -0.2) is 32.8 Å². The number of thiocarbonyl (C=S) groups is 1. The van der Waals surface area contributed by atoms with Crippen molar-refractivity contribution >= 4 is 29.0 Å². The van der Waals surface area contributed by atoms with Crippen molar-refractivity contribution in [3.8, 4) is 11.4 Å². The maximum atomic E-state index is 11.3. The second kappa shape index (κ2) is 8.99. The number of nitrogens with zero attached hydrogens (tertiary/aromatic N) is 3. The number of rotatable bonds is 6. The van der Waals surface area contributed by atoms with Crippen molar-refractivity contribution in [2.75, 3.05) is 12.0 Å². The van der Waals surface area contributed by atoms with E-state index >= 15 is 0 Å². The molecule has 1 aliphatic rings. The quantitative estimate of drug-likeness (QED) is 0.394. The molecule has 2 N–H and O–H groups in total. The van der Waals surface area contributed by atoms with Gasteiger partial charge in [-0.2, -0.15) is 0 Å². The summed E-state index contributed by atoms with van der Waals surface area (Å²) in [4.78, 5) is 18.0. The maximum absolute atomic E-state index is 11.3. The highest BCUT2D eigenvalue weighted by molar-refractivity contribution is 7.80. The van der Waals surface area contributed by atoms with E-state index in [0.29, 0.717) is 5.11 Å². The molecule has 1 aliphatic heterocycles. The number of carboxylic acid groups (broad SMARTS) is 1. The van der Waals surface area contributed by atoms with E-state index in [0.717, 1.165) is 28.5 Å². The lowest BCUT2D eigenvalue weighted by Gasteiger charge is -2.29. The number of carboxylic acids is 1. The smallest absolute Gasteiger partial charge is 0.335 e. The van der Waals surface area contributed by atoms with Crippen LogP contribution in [0.2, 0.25) is 0 Å². The van der Waals surface area contributed by atoms with Gasteiger partial charge in [-0.3, -0.25) is 4.98 Å². The number of hydrogen-bond acceptors (Lipinski definition) is 4. The van der Waals surface area contributed by atoms with Gasteiger partial charge in [0.15, 0.2) is 5.11 Å². The number of aromatic carboxylic acids is 1. The summed E-state index contributed by atoms with van der Waals surface area (Å²) in [5, 5.41) is 13.3. The van der Waals surface area contributed by atoms with Crippen LogP contribution in [-0.2, 0) is 0 Å². The topological polar surface area (TPSA) is 79.6 Å². The van der Waals surface area contributed by atoms with E-state index in [9.17, 15) is 9.90 Å². The maximum Gasteiger partial charge on any atom is 0.335 e. The molecule has 34 heavy (non-hydrogen) atoms. The fourth-order valence-electron chi connectivity index (χ4n) is 4.33. The van der Waals surface area contributed by atoms with Gasteiger partial charge in [-0.1, -0.05) is 12.1 Å². The van der Waals surface area contributed by atoms with Crippen LogP contribution in [0.3, 0.4) is 0 Å². The van der Waals surface area contributed by atoms with E-state index in [-0.39, 0.29) is 17.6 Å². The lowest BCUT2D eigenvalue weighted by molar-refractivity contribution is 0.0697. The van der Waals surface area contributed by atoms with Crippen LogP contribution < -0.4 is 15.0 Å². The predicted molar refractivity (Wildman–Crippen MR) is 134 cm³/mol. The first kappa shape index (κ1) is 21.7. The molecule has 0 unspecified atom stereocenters. The van der Waals surface area contributed by atoms with Gasteiger partial charge in [-0.15, -0.1) is 0 Å². The highest BCUT2D eigenvalue weighted by atomic mass is 32.1. The molecule has 1 saturated heterocycles. The molecule has 2 aromatic carbocycles. The number of aromatic nitrogens is 2. The third kappa shape index (κ3) is 3.88. The zero-order valence-corrected chi connectivity index (χ0v) is 19.1. The highest BCUT2D eigenvalue weighted by Gasteiger charge is 2.42. The van der Waals surface area contributed by atoms with E-state index in [1.54, 1.807) is 37.6 Å². The molecule has 7 nitrogen and oxygen atoms in total. The number of nitrogens with one attached hydrogen (secondary N) is 1. The van der Waals surface area contributed by atoms with Gasteiger partial charge in [0, 0.05) is 35.5 Å². The molecule has 0 bridgehead atoms. The molecule has 0 saturated carbocycles. The number of carbonyl (C=O) groups is 1. The Kier molecular flexibility index (Phi) is 5.73. The number of anilines is 1. The minimum Gasteiger partial charge on any atom is -0.497 e. The summed E-state index contributed by atoms with van der Waals surface area (Å²) in [6.45, 7) is 0. The Hall–Kier alpha value is -4.17. The highest BCUT2D eigenvalue weighted by Crippen LogP contribution is 2.42. The molecule has 3 heterocycles. The van der Waals surface area contributed by atoms with Gasteiger partial charge in [0.2, 0.25) is 0 Å². The van der Waals surface area contributed by atoms with E-state index in [1.807, 2.05) is 54.7 Å². The van der Waals surface area contributed by atoms with Crippen molar-refractivity contribution in [1.82, 2.24) is 14.9 Å². The first-order valence-electron chi connectivity index (χ1n) is 10.7. The van der Waals surface area contributed by atoms with Crippen molar-refractivity contribution in [2.24, 2.45) is 0 Å². The van der Waals surface area contributed by atoms with Crippen LogP contribution in [0.15, 0.2) is 91.3 Å². The van der Waals surface area contributed by atoms with Crippen molar-refractivity contribution in [2.45, 2.75) is 12.1 Å². The first-order chi connectivity index (χ1) is 16.6. The molecule has 5 rings (SSSR count). The summed E-state index contributed by atoms with van der Waals surface area (Å²) < 4.78 is 7.51. The monoisotopic (exact) mass is 470 g/mol. The minimum atomic E-state index is -0.955. The lowest BCUT2D eigenvalue weighted by atomic mass is 10.0. The normalized spacial score (nSPS) is 17.4. The molecule has 1 fully saturated rings. The van der Waals surface area contributed by atoms with Gasteiger partial charge >= 0.3 is 5.97 Å². The molecule has 2 aromatic heterocycles. The Bertz CT molecular complexity index is 1340. The van der Waals surface area contributed by atoms with Crippen molar-refractivity contribution in [3.05, 3.63) is 108 Å². The molecule has 0 radical (unpaired) electrons. The Labute approximate surface area is 202 Å². The number of hydrogen-bond donors (Lipinski definition) is 2. The predicted octanol–water partition coefficient (Wildman–Crippen LogP) is 4.76. The Morgan fingerprint density at radius 3 is 2.56 bits per heavy atom. The summed E-state index contributed by atoms with van der Waals surface area (Å²) >= 11 is 5.81. The van der Waals surface area contributed by atoms with Gasteiger partial charge in [0.1, 0.15) is 11.8 Å². The van der Waals surface area contributed by atoms with Crippen LogP contribution in [0, 0.1) is 0 Å². The third-order valence-electron chi connectivity index (χ3n) is 5.91. The van der Waals surface area contributed by atoms with E-state index < -0.39 is 5.97 Å². The molecule has 170 valence electrons. The van der Waals surface area contributed by atoms with Crippen LogP contribution in [0.4, 0.5) is 5.69 Å². The minimum absolute atomic E-state index is 0.202. The summed E-state index contributed by atoms with van der Waals surface area (Å²) in [6, 6.07) is 24.0. The Morgan fingerprint density at radius 2 is 1.85 bits per heavy atom.